The van der Waals surface area contributed by atoms with Crippen molar-refractivity contribution in [2.45, 2.75) is 37.8 Å². The molecule has 5 nitrogen and oxygen atoms in total. The fourth-order valence-electron chi connectivity index (χ4n) is 1.44. The highest BCUT2D eigenvalue weighted by molar-refractivity contribution is 7.87. The molecule has 0 aromatic heterocycles. The molecule has 86 valence electrons. The van der Waals surface area contributed by atoms with E-state index in [2.05, 4.69) is 9.44 Å². The molecule has 4 N–H and O–H groups in total. The maximum Gasteiger partial charge on any atom is 0.277 e. The second kappa shape index (κ2) is 3.97. The third-order valence-electron chi connectivity index (χ3n) is 2.58. The van der Waals surface area contributed by atoms with Gasteiger partial charge in [-0.25, -0.2) is 0 Å². The van der Waals surface area contributed by atoms with Crippen molar-refractivity contribution in [1.29, 1.82) is 0 Å². The first-order valence-corrected chi connectivity index (χ1v) is 6.96. The maximum atomic E-state index is 11.6. The fraction of sp³-hybridized carbons (Fsp3) is 0.875. The van der Waals surface area contributed by atoms with Gasteiger partial charge in [0.1, 0.15) is 0 Å². The first kappa shape index (κ1) is 11.3. The molecular formula is C8H15N3O2S2. The summed E-state index contributed by atoms with van der Waals surface area (Å²) < 4.78 is 28.2. The molecule has 0 aliphatic heterocycles. The molecule has 2 fully saturated rings. The summed E-state index contributed by atoms with van der Waals surface area (Å²) in [5.41, 5.74) is 5.51. The number of hydrogen-bond acceptors (Lipinski definition) is 3. The Morgan fingerprint density at radius 2 is 1.93 bits per heavy atom. The van der Waals surface area contributed by atoms with Crippen LogP contribution in [0.3, 0.4) is 0 Å². The van der Waals surface area contributed by atoms with E-state index in [1.165, 1.54) is 0 Å². The molecule has 0 amide bonds. The van der Waals surface area contributed by atoms with Gasteiger partial charge in [-0.05, 0) is 31.6 Å². The van der Waals surface area contributed by atoms with Crippen LogP contribution in [0.2, 0.25) is 0 Å². The molecule has 7 heteroatoms. The van der Waals surface area contributed by atoms with Crippen LogP contribution < -0.4 is 15.2 Å². The number of thiocarbonyl (C=S) groups is 1. The van der Waals surface area contributed by atoms with Crippen LogP contribution in [-0.4, -0.2) is 25.5 Å². The van der Waals surface area contributed by atoms with Gasteiger partial charge in [0.15, 0.2) is 0 Å². The Bertz CT molecular complexity index is 360. The lowest BCUT2D eigenvalue weighted by Crippen LogP contribution is -2.49. The summed E-state index contributed by atoms with van der Waals surface area (Å²) in [7, 11) is -3.44. The van der Waals surface area contributed by atoms with E-state index in [-0.39, 0.29) is 17.1 Å². The van der Waals surface area contributed by atoms with Crippen molar-refractivity contribution >= 4 is 27.4 Å². The smallest absolute Gasteiger partial charge is 0.277 e. The zero-order valence-corrected chi connectivity index (χ0v) is 9.90. The third-order valence-corrected chi connectivity index (χ3v) is 4.04. The maximum absolute atomic E-state index is 11.6. The Kier molecular flexibility index (Phi) is 2.98. The number of hydrogen-bond donors (Lipinski definition) is 3. The van der Waals surface area contributed by atoms with E-state index in [1.807, 2.05) is 0 Å². The Hall–Kier alpha value is -0.240. The molecule has 2 aliphatic rings. The van der Waals surface area contributed by atoms with Crippen molar-refractivity contribution in [1.82, 2.24) is 9.44 Å². The first-order valence-electron chi connectivity index (χ1n) is 5.07. The molecule has 0 heterocycles. The van der Waals surface area contributed by atoms with Crippen molar-refractivity contribution in [2.75, 3.05) is 0 Å². The summed E-state index contributed by atoms with van der Waals surface area (Å²) in [4.78, 5) is 0.235. The van der Waals surface area contributed by atoms with E-state index >= 15 is 0 Å². The van der Waals surface area contributed by atoms with Gasteiger partial charge in [0, 0.05) is 6.04 Å². The zero-order chi connectivity index (χ0) is 11.1. The topological polar surface area (TPSA) is 84.2 Å². The van der Waals surface area contributed by atoms with Gasteiger partial charge in [-0.3, -0.25) is 0 Å². The lowest BCUT2D eigenvalue weighted by Gasteiger charge is -2.16. The highest BCUT2D eigenvalue weighted by Crippen LogP contribution is 2.33. The van der Waals surface area contributed by atoms with Crippen LogP contribution in [0, 0.1) is 5.92 Å². The van der Waals surface area contributed by atoms with E-state index in [1.54, 1.807) is 0 Å². The molecular weight excluding hydrogens is 234 g/mol. The van der Waals surface area contributed by atoms with Gasteiger partial charge >= 0.3 is 0 Å². The molecule has 1 unspecified atom stereocenters. The van der Waals surface area contributed by atoms with Crippen molar-refractivity contribution < 1.29 is 8.42 Å². The molecule has 2 aliphatic carbocycles. The molecule has 2 rings (SSSR count). The summed E-state index contributed by atoms with van der Waals surface area (Å²) in [6.07, 6.45) is 3.83. The Labute approximate surface area is 95.0 Å². The van der Waals surface area contributed by atoms with Crippen LogP contribution in [-0.2, 0) is 10.2 Å². The minimum absolute atomic E-state index is 0.105. The summed E-state index contributed by atoms with van der Waals surface area (Å²) in [6.45, 7) is 0. The van der Waals surface area contributed by atoms with Crippen LogP contribution in [0.15, 0.2) is 0 Å². The summed E-state index contributed by atoms with van der Waals surface area (Å²) in [5.74, 6) is 0.290. The minimum Gasteiger partial charge on any atom is -0.392 e. The normalized spacial score (nSPS) is 23.7. The first-order chi connectivity index (χ1) is 6.98. The molecule has 15 heavy (non-hydrogen) atoms. The number of rotatable bonds is 6. The fourth-order valence-corrected chi connectivity index (χ4v) is 3.16. The molecule has 0 spiro atoms. The highest BCUT2D eigenvalue weighted by atomic mass is 32.2. The van der Waals surface area contributed by atoms with Gasteiger partial charge in [-0.2, -0.15) is 17.9 Å². The van der Waals surface area contributed by atoms with Gasteiger partial charge in [0.05, 0.1) is 11.0 Å². The lowest BCUT2D eigenvalue weighted by atomic mass is 10.2. The molecule has 0 bridgehead atoms. The van der Waals surface area contributed by atoms with Crippen LogP contribution in [0.5, 0.6) is 0 Å². The Morgan fingerprint density at radius 1 is 1.33 bits per heavy atom. The molecule has 0 saturated heterocycles. The van der Waals surface area contributed by atoms with Crippen LogP contribution in [0.4, 0.5) is 0 Å². The predicted molar refractivity (Wildman–Crippen MR) is 61.5 cm³/mol. The second-order valence-electron chi connectivity index (χ2n) is 4.23. The van der Waals surface area contributed by atoms with Gasteiger partial charge in [-0.15, -0.1) is 0 Å². The standard InChI is InChI=1S/C8H15N3O2S2/c9-8(14)7(5-1-2-5)11-15(12,13)10-6-3-4-6/h5-7,10-11H,1-4H2,(H2,9,14). The van der Waals surface area contributed by atoms with Gasteiger partial charge in [-0.1, -0.05) is 12.2 Å². The van der Waals surface area contributed by atoms with Gasteiger partial charge < -0.3 is 5.73 Å². The lowest BCUT2D eigenvalue weighted by molar-refractivity contribution is 0.550. The van der Waals surface area contributed by atoms with Gasteiger partial charge in [0.2, 0.25) is 0 Å². The average Bonchev–Trinajstić information content (AvgIpc) is 2.92. The zero-order valence-electron chi connectivity index (χ0n) is 8.27. The molecule has 0 aromatic rings. The molecule has 1 atom stereocenters. The third kappa shape index (κ3) is 3.37. The van der Waals surface area contributed by atoms with Crippen molar-refractivity contribution in [2.24, 2.45) is 11.7 Å². The Balaban J connectivity index is 1.94. The quantitative estimate of drug-likeness (QED) is 0.561. The largest absolute Gasteiger partial charge is 0.392 e. The van der Waals surface area contributed by atoms with Crippen molar-refractivity contribution in [3.63, 3.8) is 0 Å². The summed E-state index contributed by atoms with van der Waals surface area (Å²) >= 11 is 4.85. The van der Waals surface area contributed by atoms with Crippen molar-refractivity contribution in [3.8, 4) is 0 Å². The van der Waals surface area contributed by atoms with E-state index in [9.17, 15) is 8.42 Å². The van der Waals surface area contributed by atoms with Crippen LogP contribution >= 0.6 is 12.2 Å². The molecule has 2 saturated carbocycles. The average molecular weight is 249 g/mol. The summed E-state index contributed by atoms with van der Waals surface area (Å²) in [6, 6.07) is -0.273. The van der Waals surface area contributed by atoms with Crippen molar-refractivity contribution in [3.05, 3.63) is 0 Å². The highest BCUT2D eigenvalue weighted by Gasteiger charge is 2.37. The van der Waals surface area contributed by atoms with E-state index in [0.29, 0.717) is 5.92 Å². The SMILES string of the molecule is NC(=S)C(NS(=O)(=O)NC1CC1)C1CC1. The number of nitrogens with two attached hydrogens (primary N) is 1. The Morgan fingerprint density at radius 3 is 2.33 bits per heavy atom. The number of nitrogens with one attached hydrogen (secondary N) is 2. The van der Waals surface area contributed by atoms with E-state index in [4.69, 9.17) is 18.0 Å². The molecule has 0 aromatic carbocycles. The minimum atomic E-state index is -3.44. The predicted octanol–water partition coefficient (Wildman–Crippen LogP) is -0.363. The summed E-state index contributed by atoms with van der Waals surface area (Å²) in [5, 5.41) is 0. The van der Waals surface area contributed by atoms with Crippen LogP contribution in [0.25, 0.3) is 0 Å². The second-order valence-corrected chi connectivity index (χ2v) is 6.18. The van der Waals surface area contributed by atoms with Crippen LogP contribution in [0.1, 0.15) is 25.7 Å². The monoisotopic (exact) mass is 249 g/mol. The van der Waals surface area contributed by atoms with E-state index in [0.717, 1.165) is 25.7 Å². The van der Waals surface area contributed by atoms with E-state index < -0.39 is 10.2 Å². The molecule has 0 radical (unpaired) electrons. The van der Waals surface area contributed by atoms with Gasteiger partial charge in [0.25, 0.3) is 10.2 Å².